The summed E-state index contributed by atoms with van der Waals surface area (Å²) < 4.78 is 1.78. The predicted octanol–water partition coefficient (Wildman–Crippen LogP) is 2.38. The number of likely N-dealkylation sites (N-methyl/N-ethyl adjacent to an activating group) is 1. The molecule has 25 heavy (non-hydrogen) atoms. The first-order valence-electron chi connectivity index (χ1n) is 8.49. The van der Waals surface area contributed by atoms with Crippen LogP contribution in [0.15, 0.2) is 23.0 Å². The Bertz CT molecular complexity index is 887. The number of carbonyl (C=O) groups is 2. The number of aromatic nitrogens is 2. The smallest absolute Gasteiger partial charge is 0.329 e. The molecule has 1 saturated carbocycles. The van der Waals surface area contributed by atoms with Crippen LogP contribution in [-0.4, -0.2) is 44.0 Å². The van der Waals surface area contributed by atoms with Gasteiger partial charge in [-0.3, -0.25) is 9.36 Å². The molecule has 0 spiro atoms. The fourth-order valence-corrected chi connectivity index (χ4v) is 3.38. The molecule has 1 heterocycles. The van der Waals surface area contributed by atoms with Crippen molar-refractivity contribution in [3.05, 3.63) is 34.2 Å². The van der Waals surface area contributed by atoms with E-state index in [-0.39, 0.29) is 11.7 Å². The van der Waals surface area contributed by atoms with Crippen molar-refractivity contribution in [2.75, 3.05) is 7.05 Å². The van der Waals surface area contributed by atoms with Gasteiger partial charge in [-0.05, 0) is 44.9 Å². The molecule has 0 bridgehead atoms. The highest BCUT2D eigenvalue weighted by molar-refractivity contribution is 5.99. The van der Waals surface area contributed by atoms with Crippen LogP contribution in [0.5, 0.6) is 0 Å². The maximum atomic E-state index is 12.7. The zero-order valence-corrected chi connectivity index (χ0v) is 14.7. The van der Waals surface area contributed by atoms with Gasteiger partial charge in [0, 0.05) is 18.7 Å². The molecule has 1 aromatic heterocycles. The number of amides is 1. The van der Waals surface area contributed by atoms with Crippen molar-refractivity contribution in [3.8, 4) is 0 Å². The molecule has 0 saturated heterocycles. The number of hydrogen-bond donors (Lipinski definition) is 2. The van der Waals surface area contributed by atoms with Crippen LogP contribution in [0.3, 0.4) is 0 Å². The highest BCUT2D eigenvalue weighted by atomic mass is 16.4. The van der Waals surface area contributed by atoms with Gasteiger partial charge in [-0.1, -0.05) is 12.8 Å². The average Bonchev–Trinajstić information content (AvgIpc) is 3.18. The summed E-state index contributed by atoms with van der Waals surface area (Å²) in [5.41, 5.74) is 0.252. The van der Waals surface area contributed by atoms with Gasteiger partial charge >= 0.3 is 11.7 Å². The van der Waals surface area contributed by atoms with Crippen LogP contribution in [0.4, 0.5) is 0 Å². The molecule has 0 aliphatic heterocycles. The van der Waals surface area contributed by atoms with Crippen LogP contribution >= 0.6 is 0 Å². The Morgan fingerprint density at radius 2 is 1.92 bits per heavy atom. The van der Waals surface area contributed by atoms with Crippen molar-refractivity contribution in [2.24, 2.45) is 0 Å². The standard InChI is InChI=1S/C18H23N3O4/c1-18(2,16(23)24)20(3)15(22)11-8-9-14-13(10-11)19-17(25)21(14)12-6-4-5-7-12/h8-10,12H,4-7H2,1-3H3,(H,19,25)(H,23,24). The Kier molecular flexibility index (Phi) is 4.18. The minimum atomic E-state index is -1.32. The number of nitrogens with one attached hydrogen (secondary N) is 1. The molecule has 3 rings (SSSR count). The summed E-state index contributed by atoms with van der Waals surface area (Å²) in [7, 11) is 1.47. The van der Waals surface area contributed by atoms with Crippen LogP contribution in [0.1, 0.15) is 55.9 Å². The Morgan fingerprint density at radius 1 is 1.28 bits per heavy atom. The van der Waals surface area contributed by atoms with E-state index in [1.165, 1.54) is 25.8 Å². The number of imidazole rings is 1. The first-order valence-corrected chi connectivity index (χ1v) is 8.49. The molecule has 1 aliphatic rings. The number of carboxylic acids is 1. The lowest BCUT2D eigenvalue weighted by atomic mass is 10.0. The fourth-order valence-electron chi connectivity index (χ4n) is 3.38. The zero-order valence-electron chi connectivity index (χ0n) is 14.7. The van der Waals surface area contributed by atoms with Crippen molar-refractivity contribution >= 4 is 22.9 Å². The van der Waals surface area contributed by atoms with E-state index in [4.69, 9.17) is 0 Å². The zero-order chi connectivity index (χ0) is 18.4. The van der Waals surface area contributed by atoms with E-state index in [1.54, 1.807) is 22.8 Å². The molecule has 134 valence electrons. The number of hydrogen-bond acceptors (Lipinski definition) is 3. The number of benzene rings is 1. The molecule has 1 amide bonds. The Balaban J connectivity index is 1.98. The van der Waals surface area contributed by atoms with Gasteiger partial charge in [-0.25, -0.2) is 9.59 Å². The highest BCUT2D eigenvalue weighted by Gasteiger charge is 2.35. The second kappa shape index (κ2) is 6.06. The maximum absolute atomic E-state index is 12.7. The Morgan fingerprint density at radius 3 is 2.52 bits per heavy atom. The first-order chi connectivity index (χ1) is 11.7. The van der Waals surface area contributed by atoms with Gasteiger partial charge in [0.2, 0.25) is 0 Å². The number of aliphatic carboxylic acids is 1. The lowest BCUT2D eigenvalue weighted by molar-refractivity contribution is -0.147. The van der Waals surface area contributed by atoms with Gasteiger partial charge in [-0.2, -0.15) is 0 Å². The third kappa shape index (κ3) is 2.83. The van der Waals surface area contributed by atoms with Gasteiger partial charge in [0.25, 0.3) is 5.91 Å². The third-order valence-corrected chi connectivity index (χ3v) is 5.32. The number of H-pyrrole nitrogens is 1. The molecule has 2 aromatic rings. The number of fused-ring (bicyclic) bond motifs is 1. The van der Waals surface area contributed by atoms with Gasteiger partial charge in [0.15, 0.2) is 0 Å². The average molecular weight is 345 g/mol. The van der Waals surface area contributed by atoms with E-state index >= 15 is 0 Å². The van der Waals surface area contributed by atoms with Gasteiger partial charge in [-0.15, -0.1) is 0 Å². The number of carbonyl (C=O) groups excluding carboxylic acids is 1. The Labute approximate surface area is 145 Å². The van der Waals surface area contributed by atoms with Crippen LogP contribution in [0.2, 0.25) is 0 Å². The second-order valence-electron chi connectivity index (χ2n) is 7.20. The normalized spacial score (nSPS) is 15.6. The molecule has 0 radical (unpaired) electrons. The molecule has 0 atom stereocenters. The molecular formula is C18H23N3O4. The van der Waals surface area contributed by atoms with Crippen molar-refractivity contribution in [1.82, 2.24) is 14.5 Å². The lowest BCUT2D eigenvalue weighted by Gasteiger charge is -2.31. The van der Waals surface area contributed by atoms with Crippen molar-refractivity contribution < 1.29 is 14.7 Å². The molecule has 1 fully saturated rings. The summed E-state index contributed by atoms with van der Waals surface area (Å²) in [5.74, 6) is -1.48. The van der Waals surface area contributed by atoms with Crippen molar-refractivity contribution in [1.29, 1.82) is 0 Å². The predicted molar refractivity (Wildman–Crippen MR) is 93.9 cm³/mol. The fraction of sp³-hybridized carbons (Fsp3) is 0.500. The molecule has 7 nitrogen and oxygen atoms in total. The van der Waals surface area contributed by atoms with Crippen LogP contribution in [0.25, 0.3) is 11.0 Å². The van der Waals surface area contributed by atoms with E-state index in [1.807, 2.05) is 0 Å². The number of aromatic amines is 1. The third-order valence-electron chi connectivity index (χ3n) is 5.32. The minimum absolute atomic E-state index is 0.161. The lowest BCUT2D eigenvalue weighted by Crippen LogP contribution is -2.50. The van der Waals surface area contributed by atoms with Crippen LogP contribution < -0.4 is 5.69 Å². The summed E-state index contributed by atoms with van der Waals surface area (Å²) in [5, 5.41) is 9.30. The molecule has 7 heteroatoms. The van der Waals surface area contributed by atoms with Crippen LogP contribution in [-0.2, 0) is 4.79 Å². The van der Waals surface area contributed by atoms with Crippen LogP contribution in [0, 0.1) is 0 Å². The number of carboxylic acid groups (broad SMARTS) is 1. The van der Waals surface area contributed by atoms with E-state index < -0.39 is 17.4 Å². The van der Waals surface area contributed by atoms with E-state index in [0.29, 0.717) is 11.1 Å². The van der Waals surface area contributed by atoms with Gasteiger partial charge < -0.3 is 15.0 Å². The molecule has 2 N–H and O–H groups in total. The monoisotopic (exact) mass is 345 g/mol. The van der Waals surface area contributed by atoms with Gasteiger partial charge in [0.1, 0.15) is 5.54 Å². The SMILES string of the molecule is CN(C(=O)c1ccc2c(c1)[nH]c(=O)n2C1CCCC1)C(C)(C)C(=O)O. The minimum Gasteiger partial charge on any atom is -0.480 e. The summed E-state index contributed by atoms with van der Waals surface area (Å²) in [6, 6.07) is 5.24. The van der Waals surface area contributed by atoms with Crippen molar-refractivity contribution in [2.45, 2.75) is 51.1 Å². The quantitative estimate of drug-likeness (QED) is 0.889. The van der Waals surface area contributed by atoms with Crippen molar-refractivity contribution in [3.63, 3.8) is 0 Å². The maximum Gasteiger partial charge on any atom is 0.329 e. The summed E-state index contributed by atoms with van der Waals surface area (Å²) >= 11 is 0. The molecule has 1 aromatic carbocycles. The van der Waals surface area contributed by atoms with Gasteiger partial charge in [0.05, 0.1) is 11.0 Å². The molecule has 0 unspecified atom stereocenters. The Hall–Kier alpha value is -2.57. The number of nitrogens with zero attached hydrogens (tertiary/aromatic N) is 2. The summed E-state index contributed by atoms with van der Waals surface area (Å²) in [4.78, 5) is 40.4. The highest BCUT2D eigenvalue weighted by Crippen LogP contribution is 2.31. The second-order valence-corrected chi connectivity index (χ2v) is 7.20. The van der Waals surface area contributed by atoms with E-state index in [2.05, 4.69) is 4.98 Å². The molecular weight excluding hydrogens is 322 g/mol. The summed E-state index contributed by atoms with van der Waals surface area (Å²) in [6.07, 6.45) is 4.22. The van der Waals surface area contributed by atoms with E-state index in [9.17, 15) is 19.5 Å². The van der Waals surface area contributed by atoms with E-state index in [0.717, 1.165) is 31.2 Å². The summed E-state index contributed by atoms with van der Waals surface area (Å²) in [6.45, 7) is 2.95. The number of rotatable bonds is 4. The largest absolute Gasteiger partial charge is 0.480 e. The first kappa shape index (κ1) is 17.3. The topological polar surface area (TPSA) is 95.4 Å². The molecule has 1 aliphatic carbocycles.